The molecule has 0 spiro atoms. The highest BCUT2D eigenvalue weighted by Crippen LogP contribution is 2.27. The molecule has 0 aliphatic carbocycles. The molecule has 1 aromatic rings. The number of hydrogen-bond donors (Lipinski definition) is 1. The van der Waals surface area contributed by atoms with Crippen LogP contribution in [-0.4, -0.2) is 16.3 Å². The molecule has 1 aromatic heterocycles. The second kappa shape index (κ2) is 4.53. The summed E-state index contributed by atoms with van der Waals surface area (Å²) in [5.74, 6) is -1.59. The van der Waals surface area contributed by atoms with Crippen LogP contribution in [-0.2, 0) is 6.54 Å². The lowest BCUT2D eigenvalue weighted by atomic mass is 10.1. The lowest BCUT2D eigenvalue weighted by Crippen LogP contribution is -2.19. The average Bonchev–Trinajstić information content (AvgIpc) is 2.17. The molecular formula is C8H8F3N3O3. The average molecular weight is 251 g/mol. The minimum atomic E-state index is -4.96. The summed E-state index contributed by atoms with van der Waals surface area (Å²) in [6.07, 6.45) is -4.96. The van der Waals surface area contributed by atoms with E-state index in [4.69, 9.17) is 5.73 Å². The largest absolute Gasteiger partial charge is 0.575 e. The Bertz CT molecular complexity index is 448. The number of rotatable bonds is 3. The number of nitrogens with two attached hydrogens (primary N) is 1. The number of nitro groups is 1. The van der Waals surface area contributed by atoms with E-state index in [-0.39, 0.29) is 17.7 Å². The van der Waals surface area contributed by atoms with Gasteiger partial charge in [-0.3, -0.25) is 0 Å². The molecule has 0 saturated carbocycles. The molecule has 0 bridgehead atoms. The lowest BCUT2D eigenvalue weighted by molar-refractivity contribution is -0.390. The van der Waals surface area contributed by atoms with Crippen LogP contribution in [0.3, 0.4) is 0 Å². The van der Waals surface area contributed by atoms with Gasteiger partial charge in [-0.1, -0.05) is 0 Å². The van der Waals surface area contributed by atoms with Crippen LogP contribution < -0.4 is 10.5 Å². The molecule has 0 aliphatic heterocycles. The molecule has 2 N–H and O–H groups in total. The molecule has 0 saturated heterocycles. The number of halogens is 3. The quantitative estimate of drug-likeness (QED) is 0.651. The van der Waals surface area contributed by atoms with Crippen LogP contribution in [0.5, 0.6) is 5.88 Å². The van der Waals surface area contributed by atoms with Gasteiger partial charge in [0.15, 0.2) is 0 Å². The van der Waals surface area contributed by atoms with E-state index in [2.05, 4.69) is 9.72 Å². The Morgan fingerprint density at radius 3 is 2.59 bits per heavy atom. The van der Waals surface area contributed by atoms with Crippen molar-refractivity contribution in [1.29, 1.82) is 0 Å². The number of ether oxygens (including phenoxy) is 1. The van der Waals surface area contributed by atoms with E-state index in [9.17, 15) is 23.3 Å². The number of aromatic nitrogens is 1. The van der Waals surface area contributed by atoms with Crippen molar-refractivity contribution in [2.24, 2.45) is 5.73 Å². The topological polar surface area (TPSA) is 91.3 Å². The monoisotopic (exact) mass is 251 g/mol. The van der Waals surface area contributed by atoms with Crippen molar-refractivity contribution in [3.63, 3.8) is 0 Å². The molecule has 0 radical (unpaired) electrons. The summed E-state index contributed by atoms with van der Waals surface area (Å²) >= 11 is 0. The maximum atomic E-state index is 11.9. The van der Waals surface area contributed by atoms with E-state index < -0.39 is 23.0 Å². The van der Waals surface area contributed by atoms with Gasteiger partial charge in [-0.15, -0.1) is 13.2 Å². The second-order valence-corrected chi connectivity index (χ2v) is 3.08. The molecule has 0 fully saturated rings. The molecule has 0 amide bonds. The van der Waals surface area contributed by atoms with Crippen molar-refractivity contribution >= 4 is 5.82 Å². The fraction of sp³-hybridized carbons (Fsp3) is 0.375. The third kappa shape index (κ3) is 3.28. The number of nitrogens with zero attached hydrogens (tertiary/aromatic N) is 2. The molecule has 0 unspecified atom stereocenters. The van der Waals surface area contributed by atoms with Gasteiger partial charge in [0.1, 0.15) is 0 Å². The first-order valence-corrected chi connectivity index (χ1v) is 4.35. The molecule has 94 valence electrons. The number of alkyl halides is 3. The first-order valence-electron chi connectivity index (χ1n) is 4.35. The lowest BCUT2D eigenvalue weighted by Gasteiger charge is -2.08. The van der Waals surface area contributed by atoms with Crippen molar-refractivity contribution < 1.29 is 22.8 Å². The maximum absolute atomic E-state index is 11.9. The van der Waals surface area contributed by atoms with Gasteiger partial charge in [-0.05, 0) is 17.4 Å². The van der Waals surface area contributed by atoms with Crippen molar-refractivity contribution in [1.82, 2.24) is 4.98 Å². The van der Waals surface area contributed by atoms with Crippen LogP contribution in [0.15, 0.2) is 6.07 Å². The smallest absolute Gasteiger partial charge is 0.366 e. The first-order chi connectivity index (χ1) is 7.74. The first kappa shape index (κ1) is 13.2. The van der Waals surface area contributed by atoms with Crippen LogP contribution in [0.1, 0.15) is 11.1 Å². The molecule has 17 heavy (non-hydrogen) atoms. The van der Waals surface area contributed by atoms with Crippen LogP contribution in [0.2, 0.25) is 0 Å². The Balaban J connectivity index is 3.25. The fourth-order valence-corrected chi connectivity index (χ4v) is 1.18. The van der Waals surface area contributed by atoms with Gasteiger partial charge in [-0.2, -0.15) is 0 Å². The van der Waals surface area contributed by atoms with E-state index in [0.717, 1.165) is 6.07 Å². The summed E-state index contributed by atoms with van der Waals surface area (Å²) in [4.78, 5) is 12.9. The van der Waals surface area contributed by atoms with Crippen molar-refractivity contribution in [3.05, 3.63) is 27.3 Å². The van der Waals surface area contributed by atoms with E-state index in [0.29, 0.717) is 0 Å². The van der Waals surface area contributed by atoms with Crippen molar-refractivity contribution in [3.8, 4) is 5.88 Å². The highest BCUT2D eigenvalue weighted by Gasteiger charge is 2.34. The summed E-state index contributed by atoms with van der Waals surface area (Å²) < 4.78 is 39.4. The highest BCUT2D eigenvalue weighted by atomic mass is 19.4. The van der Waals surface area contributed by atoms with E-state index >= 15 is 0 Å². The fourth-order valence-electron chi connectivity index (χ4n) is 1.18. The third-order valence-corrected chi connectivity index (χ3v) is 1.94. The standard InChI is InChI=1S/C8H8F3N3O3/c1-4-5(3-12)2-6(17-8(9,10)11)13-7(4)14(15)16/h2H,3,12H2,1H3. The predicted molar refractivity (Wildman–Crippen MR) is 50.2 cm³/mol. The minimum absolute atomic E-state index is 0.118. The van der Waals surface area contributed by atoms with Crippen molar-refractivity contribution in [2.75, 3.05) is 0 Å². The van der Waals surface area contributed by atoms with Crippen LogP contribution in [0.25, 0.3) is 0 Å². The molecule has 0 aliphatic rings. The van der Waals surface area contributed by atoms with Crippen LogP contribution >= 0.6 is 0 Å². The Kier molecular flexibility index (Phi) is 3.51. The third-order valence-electron chi connectivity index (χ3n) is 1.94. The Morgan fingerprint density at radius 1 is 1.59 bits per heavy atom. The molecule has 0 atom stereocenters. The van der Waals surface area contributed by atoms with Gasteiger partial charge in [-0.25, -0.2) is 0 Å². The number of hydrogen-bond acceptors (Lipinski definition) is 5. The van der Waals surface area contributed by atoms with Gasteiger partial charge in [0.05, 0.1) is 5.56 Å². The Labute approximate surface area is 93.3 Å². The second-order valence-electron chi connectivity index (χ2n) is 3.08. The zero-order valence-corrected chi connectivity index (χ0v) is 8.61. The molecule has 1 rings (SSSR count). The summed E-state index contributed by atoms with van der Waals surface area (Å²) in [6.45, 7) is 1.20. The highest BCUT2D eigenvalue weighted by molar-refractivity contribution is 5.42. The number of pyridine rings is 1. The normalized spacial score (nSPS) is 11.4. The maximum Gasteiger partial charge on any atom is 0.575 e. The summed E-state index contributed by atoms with van der Waals surface area (Å²) in [6, 6.07) is 0.926. The summed E-state index contributed by atoms with van der Waals surface area (Å²) in [7, 11) is 0. The predicted octanol–water partition coefficient (Wildman–Crippen LogP) is 1.66. The van der Waals surface area contributed by atoms with Gasteiger partial charge < -0.3 is 20.6 Å². The zero-order chi connectivity index (χ0) is 13.2. The van der Waals surface area contributed by atoms with Crippen LogP contribution in [0, 0.1) is 17.0 Å². The SMILES string of the molecule is Cc1c(CN)cc(OC(F)(F)F)nc1[N+](=O)[O-]. The molecule has 0 aromatic carbocycles. The Hall–Kier alpha value is -1.90. The van der Waals surface area contributed by atoms with E-state index in [1.165, 1.54) is 6.92 Å². The van der Waals surface area contributed by atoms with Gasteiger partial charge in [0.2, 0.25) is 0 Å². The Morgan fingerprint density at radius 2 is 2.18 bits per heavy atom. The van der Waals surface area contributed by atoms with Crippen LogP contribution in [0.4, 0.5) is 19.0 Å². The van der Waals surface area contributed by atoms with Gasteiger partial charge in [0, 0.05) is 17.6 Å². The molecule has 6 nitrogen and oxygen atoms in total. The molecule has 1 heterocycles. The zero-order valence-electron chi connectivity index (χ0n) is 8.61. The van der Waals surface area contributed by atoms with E-state index in [1.54, 1.807) is 0 Å². The van der Waals surface area contributed by atoms with E-state index in [1.807, 2.05) is 0 Å². The van der Waals surface area contributed by atoms with Gasteiger partial charge in [0.25, 0.3) is 0 Å². The summed E-state index contributed by atoms with van der Waals surface area (Å²) in [5.41, 5.74) is 5.55. The molecular weight excluding hydrogens is 243 g/mol. The van der Waals surface area contributed by atoms with Gasteiger partial charge >= 0.3 is 18.1 Å². The van der Waals surface area contributed by atoms with Crippen molar-refractivity contribution in [2.45, 2.75) is 19.8 Å². The summed E-state index contributed by atoms with van der Waals surface area (Å²) in [5, 5.41) is 10.6. The molecule has 9 heteroatoms. The minimum Gasteiger partial charge on any atom is -0.366 e.